The van der Waals surface area contributed by atoms with E-state index in [1.165, 1.54) is 6.07 Å². The molecule has 3 heteroatoms. The molecule has 2 aromatic carbocycles. The van der Waals surface area contributed by atoms with Gasteiger partial charge in [-0.05, 0) is 55.8 Å². The van der Waals surface area contributed by atoms with Gasteiger partial charge in [-0.1, -0.05) is 24.3 Å². The molecule has 0 fully saturated rings. The van der Waals surface area contributed by atoms with E-state index in [0.29, 0.717) is 6.42 Å². The number of halogens is 1. The van der Waals surface area contributed by atoms with Gasteiger partial charge in [0.1, 0.15) is 17.2 Å². The Kier molecular flexibility index (Phi) is 3.76. The van der Waals surface area contributed by atoms with Crippen LogP contribution in [0.25, 0.3) is 11.0 Å². The summed E-state index contributed by atoms with van der Waals surface area (Å²) in [5.74, 6) is 0.678. The van der Waals surface area contributed by atoms with Crippen LogP contribution in [0.4, 0.5) is 4.39 Å². The van der Waals surface area contributed by atoms with Crippen LogP contribution in [0.1, 0.15) is 22.9 Å². The molecule has 0 radical (unpaired) electrons. The molecule has 0 aliphatic carbocycles. The van der Waals surface area contributed by atoms with E-state index in [1.54, 1.807) is 6.07 Å². The van der Waals surface area contributed by atoms with Gasteiger partial charge in [0.15, 0.2) is 0 Å². The van der Waals surface area contributed by atoms with Gasteiger partial charge in [-0.3, -0.25) is 0 Å². The molecule has 1 N–H and O–H groups in total. The van der Waals surface area contributed by atoms with E-state index in [9.17, 15) is 4.39 Å². The predicted molar refractivity (Wildman–Crippen MR) is 82.9 cm³/mol. The molecule has 0 bridgehead atoms. The maximum Gasteiger partial charge on any atom is 0.134 e. The van der Waals surface area contributed by atoms with Crippen molar-refractivity contribution in [2.45, 2.75) is 19.4 Å². The first-order valence-corrected chi connectivity index (χ1v) is 7.08. The van der Waals surface area contributed by atoms with Crippen LogP contribution in [0.5, 0.6) is 0 Å². The monoisotopic (exact) mass is 283 g/mol. The standard InChI is InChI=1S/C18H18FNO/c1-12-7-8-15(19)9-14(12)10-16(20-2)18-11-13-5-3-4-6-17(13)21-18/h3-9,11,16,20H,10H2,1-2H3. The fourth-order valence-electron chi connectivity index (χ4n) is 2.60. The van der Waals surface area contributed by atoms with E-state index in [-0.39, 0.29) is 11.9 Å². The Morgan fingerprint density at radius 3 is 2.71 bits per heavy atom. The largest absolute Gasteiger partial charge is 0.459 e. The first-order valence-electron chi connectivity index (χ1n) is 7.08. The van der Waals surface area contributed by atoms with Crippen molar-refractivity contribution in [2.75, 3.05) is 7.05 Å². The predicted octanol–water partition coefficient (Wildman–Crippen LogP) is 4.38. The van der Waals surface area contributed by atoms with Crippen molar-refractivity contribution in [1.29, 1.82) is 0 Å². The summed E-state index contributed by atoms with van der Waals surface area (Å²) in [5.41, 5.74) is 2.96. The topological polar surface area (TPSA) is 25.2 Å². The van der Waals surface area contributed by atoms with Gasteiger partial charge >= 0.3 is 0 Å². The van der Waals surface area contributed by atoms with Crippen LogP contribution in [0.15, 0.2) is 52.9 Å². The van der Waals surface area contributed by atoms with Crippen molar-refractivity contribution in [3.63, 3.8) is 0 Å². The van der Waals surface area contributed by atoms with Crippen molar-refractivity contribution in [2.24, 2.45) is 0 Å². The highest BCUT2D eigenvalue weighted by Gasteiger charge is 2.16. The first-order chi connectivity index (χ1) is 10.2. The number of para-hydroxylation sites is 1. The van der Waals surface area contributed by atoms with Crippen molar-refractivity contribution < 1.29 is 8.81 Å². The molecule has 0 saturated carbocycles. The zero-order valence-corrected chi connectivity index (χ0v) is 12.2. The van der Waals surface area contributed by atoms with Crippen molar-refractivity contribution in [1.82, 2.24) is 5.32 Å². The summed E-state index contributed by atoms with van der Waals surface area (Å²) in [6.07, 6.45) is 0.694. The number of fused-ring (bicyclic) bond motifs is 1. The first kappa shape index (κ1) is 13.8. The number of aryl methyl sites for hydroxylation is 1. The third-order valence-corrected chi connectivity index (χ3v) is 3.87. The Labute approximate surface area is 123 Å². The molecule has 1 aromatic heterocycles. The fourth-order valence-corrected chi connectivity index (χ4v) is 2.60. The van der Waals surface area contributed by atoms with Gasteiger partial charge in [0, 0.05) is 5.39 Å². The number of hydrogen-bond acceptors (Lipinski definition) is 2. The van der Waals surface area contributed by atoms with Crippen LogP contribution >= 0.6 is 0 Å². The minimum atomic E-state index is -0.199. The number of benzene rings is 2. The van der Waals surface area contributed by atoms with Crippen LogP contribution in [0, 0.1) is 12.7 Å². The Morgan fingerprint density at radius 2 is 1.95 bits per heavy atom. The van der Waals surface area contributed by atoms with Gasteiger partial charge in [-0.25, -0.2) is 4.39 Å². The molecule has 0 amide bonds. The van der Waals surface area contributed by atoms with E-state index in [0.717, 1.165) is 27.9 Å². The second-order valence-corrected chi connectivity index (χ2v) is 5.30. The van der Waals surface area contributed by atoms with Gasteiger partial charge in [0.2, 0.25) is 0 Å². The molecule has 3 aromatic rings. The molecular weight excluding hydrogens is 265 g/mol. The normalized spacial score (nSPS) is 12.7. The van der Waals surface area contributed by atoms with E-state index >= 15 is 0 Å². The van der Waals surface area contributed by atoms with Gasteiger partial charge in [0.05, 0.1) is 6.04 Å². The molecule has 3 rings (SSSR count). The minimum absolute atomic E-state index is 0.0258. The Bertz CT molecular complexity index is 730. The lowest BCUT2D eigenvalue weighted by Gasteiger charge is -2.15. The molecular formula is C18H18FNO. The van der Waals surface area contributed by atoms with Gasteiger partial charge in [-0.2, -0.15) is 0 Å². The lowest BCUT2D eigenvalue weighted by molar-refractivity contribution is 0.450. The Morgan fingerprint density at radius 1 is 1.14 bits per heavy atom. The number of rotatable bonds is 4. The molecule has 1 unspecified atom stereocenters. The fraction of sp³-hybridized carbons (Fsp3) is 0.222. The molecule has 21 heavy (non-hydrogen) atoms. The third-order valence-electron chi connectivity index (χ3n) is 3.87. The van der Waals surface area contributed by atoms with Crippen molar-refractivity contribution in [3.05, 3.63) is 71.2 Å². The third kappa shape index (κ3) is 2.83. The summed E-state index contributed by atoms with van der Waals surface area (Å²) < 4.78 is 19.3. The molecule has 0 aliphatic rings. The van der Waals surface area contributed by atoms with Crippen LogP contribution in [0.3, 0.4) is 0 Å². The van der Waals surface area contributed by atoms with E-state index < -0.39 is 0 Å². The van der Waals surface area contributed by atoms with Gasteiger partial charge in [0.25, 0.3) is 0 Å². The number of hydrogen-bond donors (Lipinski definition) is 1. The van der Waals surface area contributed by atoms with E-state index in [2.05, 4.69) is 5.32 Å². The number of furan rings is 1. The van der Waals surface area contributed by atoms with E-state index in [4.69, 9.17) is 4.42 Å². The average molecular weight is 283 g/mol. The zero-order chi connectivity index (χ0) is 14.8. The van der Waals surface area contributed by atoms with Gasteiger partial charge < -0.3 is 9.73 Å². The lowest BCUT2D eigenvalue weighted by atomic mass is 9.99. The highest BCUT2D eigenvalue weighted by atomic mass is 19.1. The quantitative estimate of drug-likeness (QED) is 0.768. The number of likely N-dealkylation sites (N-methyl/N-ethyl adjacent to an activating group) is 1. The molecule has 0 saturated heterocycles. The van der Waals surface area contributed by atoms with Crippen LogP contribution < -0.4 is 5.32 Å². The summed E-state index contributed by atoms with van der Waals surface area (Å²) in [7, 11) is 1.90. The second-order valence-electron chi connectivity index (χ2n) is 5.30. The Hall–Kier alpha value is -2.13. The summed E-state index contributed by atoms with van der Waals surface area (Å²) in [6.45, 7) is 2.00. The van der Waals surface area contributed by atoms with Crippen LogP contribution in [-0.4, -0.2) is 7.05 Å². The summed E-state index contributed by atoms with van der Waals surface area (Å²) in [6, 6.07) is 14.9. The summed E-state index contributed by atoms with van der Waals surface area (Å²) in [5, 5.41) is 4.35. The summed E-state index contributed by atoms with van der Waals surface area (Å²) in [4.78, 5) is 0. The molecule has 2 nitrogen and oxygen atoms in total. The highest BCUT2D eigenvalue weighted by molar-refractivity contribution is 5.77. The lowest BCUT2D eigenvalue weighted by Crippen LogP contribution is -2.18. The van der Waals surface area contributed by atoms with Crippen LogP contribution in [-0.2, 0) is 6.42 Å². The maximum atomic E-state index is 13.4. The van der Waals surface area contributed by atoms with Crippen molar-refractivity contribution in [3.8, 4) is 0 Å². The maximum absolute atomic E-state index is 13.4. The zero-order valence-electron chi connectivity index (χ0n) is 12.2. The van der Waals surface area contributed by atoms with Crippen LogP contribution in [0.2, 0.25) is 0 Å². The van der Waals surface area contributed by atoms with Crippen molar-refractivity contribution >= 4 is 11.0 Å². The molecule has 0 spiro atoms. The van der Waals surface area contributed by atoms with E-state index in [1.807, 2.05) is 50.4 Å². The minimum Gasteiger partial charge on any atom is -0.459 e. The number of nitrogens with one attached hydrogen (secondary N) is 1. The highest BCUT2D eigenvalue weighted by Crippen LogP contribution is 2.27. The molecule has 1 atom stereocenters. The van der Waals surface area contributed by atoms with Gasteiger partial charge in [-0.15, -0.1) is 0 Å². The molecule has 0 aliphatic heterocycles. The second kappa shape index (κ2) is 5.70. The smallest absolute Gasteiger partial charge is 0.134 e. The summed E-state index contributed by atoms with van der Waals surface area (Å²) >= 11 is 0. The Balaban J connectivity index is 1.92. The SMILES string of the molecule is CNC(Cc1cc(F)ccc1C)c1cc2ccccc2o1. The molecule has 108 valence electrons. The average Bonchev–Trinajstić information content (AvgIpc) is 2.91. The molecule has 1 heterocycles.